The summed E-state index contributed by atoms with van der Waals surface area (Å²) in [5, 5.41) is 3.39. The number of aryl methyl sites for hydroxylation is 1. The van der Waals surface area contributed by atoms with E-state index >= 15 is 0 Å². The first-order valence-corrected chi connectivity index (χ1v) is 9.33. The summed E-state index contributed by atoms with van der Waals surface area (Å²) in [6.07, 6.45) is 3.13. The third-order valence-corrected chi connectivity index (χ3v) is 4.84. The van der Waals surface area contributed by atoms with Crippen molar-refractivity contribution in [2.75, 3.05) is 24.6 Å². The first-order chi connectivity index (χ1) is 12.6. The Bertz CT molecular complexity index is 736. The molecule has 2 atom stereocenters. The zero-order valence-electron chi connectivity index (χ0n) is 15.0. The van der Waals surface area contributed by atoms with Gasteiger partial charge in [-0.2, -0.15) is 0 Å². The van der Waals surface area contributed by atoms with Crippen molar-refractivity contribution in [3.63, 3.8) is 0 Å². The molecule has 1 aliphatic rings. The molecule has 1 amide bonds. The maximum Gasteiger partial charge on any atom is 0.287 e. The van der Waals surface area contributed by atoms with Crippen LogP contribution in [0.1, 0.15) is 36.6 Å². The van der Waals surface area contributed by atoms with Gasteiger partial charge >= 0.3 is 0 Å². The highest BCUT2D eigenvalue weighted by Crippen LogP contribution is 2.20. The Balaban J connectivity index is 1.67. The van der Waals surface area contributed by atoms with Crippen LogP contribution in [-0.4, -0.2) is 52.7 Å². The van der Waals surface area contributed by atoms with Gasteiger partial charge in [-0.15, -0.1) is 0 Å². The number of ether oxygens (including phenoxy) is 1. The number of H-pyrrole nitrogens is 1. The number of piperidine rings is 1. The topological polar surface area (TPSA) is 83.1 Å². The number of pyridine rings is 1. The Hall–Kier alpha value is -2.12. The highest BCUT2D eigenvalue weighted by atomic mass is 35.5. The van der Waals surface area contributed by atoms with Crippen molar-refractivity contribution < 1.29 is 9.53 Å². The minimum Gasteiger partial charge on any atom is -0.375 e. The van der Waals surface area contributed by atoms with Crippen molar-refractivity contribution in [1.29, 1.82) is 0 Å². The molecule has 0 radical (unpaired) electrons. The molecule has 1 aliphatic heterocycles. The van der Waals surface area contributed by atoms with Gasteiger partial charge in [0.1, 0.15) is 5.82 Å². The summed E-state index contributed by atoms with van der Waals surface area (Å²) >= 11 is 6.04. The zero-order valence-corrected chi connectivity index (χ0v) is 15.8. The van der Waals surface area contributed by atoms with Gasteiger partial charge in [-0.25, -0.2) is 9.97 Å². The van der Waals surface area contributed by atoms with E-state index in [2.05, 4.69) is 25.2 Å². The number of nitrogens with one attached hydrogen (secondary N) is 2. The Morgan fingerprint density at radius 1 is 1.46 bits per heavy atom. The van der Waals surface area contributed by atoms with Crippen molar-refractivity contribution in [3.05, 3.63) is 41.1 Å². The second-order valence-corrected chi connectivity index (χ2v) is 6.56. The summed E-state index contributed by atoms with van der Waals surface area (Å²) in [6.45, 7) is 5.97. The number of carbonyl (C=O) groups is 1. The molecule has 2 aromatic heterocycles. The number of rotatable bonds is 6. The summed E-state index contributed by atoms with van der Waals surface area (Å²) in [4.78, 5) is 26.2. The number of halogens is 1. The predicted octanol–water partition coefficient (Wildman–Crippen LogP) is 2.43. The molecule has 1 saturated heterocycles. The highest BCUT2D eigenvalue weighted by molar-refractivity contribution is 6.30. The smallest absolute Gasteiger partial charge is 0.287 e. The Labute approximate surface area is 158 Å². The Kier molecular flexibility index (Phi) is 6.11. The molecule has 3 heterocycles. The quantitative estimate of drug-likeness (QED) is 0.807. The molecule has 1 fully saturated rings. The Morgan fingerprint density at radius 3 is 2.96 bits per heavy atom. The number of aromatic nitrogens is 3. The fourth-order valence-corrected chi connectivity index (χ4v) is 3.45. The van der Waals surface area contributed by atoms with Gasteiger partial charge in [-0.05, 0) is 31.9 Å². The number of amides is 1. The van der Waals surface area contributed by atoms with E-state index in [1.807, 2.05) is 32.0 Å². The van der Waals surface area contributed by atoms with E-state index in [0.29, 0.717) is 24.7 Å². The number of hydrogen-bond acceptors (Lipinski definition) is 5. The number of hydrogen-bond donors (Lipinski definition) is 2. The summed E-state index contributed by atoms with van der Waals surface area (Å²) in [5.41, 5.74) is 0.767. The van der Waals surface area contributed by atoms with Crippen LogP contribution < -0.4 is 10.2 Å². The molecule has 8 heteroatoms. The molecular formula is C18H24ClN5O2. The second-order valence-electron chi connectivity index (χ2n) is 6.20. The van der Waals surface area contributed by atoms with Crippen molar-refractivity contribution in [2.24, 2.45) is 0 Å². The largest absolute Gasteiger partial charge is 0.375 e. The summed E-state index contributed by atoms with van der Waals surface area (Å²) in [7, 11) is 0. The second kappa shape index (κ2) is 8.51. The Morgan fingerprint density at radius 2 is 2.31 bits per heavy atom. The average molecular weight is 378 g/mol. The molecule has 0 bridgehead atoms. The number of nitrogens with zero attached hydrogens (tertiary/aromatic N) is 3. The lowest BCUT2D eigenvalue weighted by atomic mass is 10.0. The highest BCUT2D eigenvalue weighted by Gasteiger charge is 2.32. The molecule has 0 aliphatic carbocycles. The van der Waals surface area contributed by atoms with E-state index in [1.54, 1.807) is 6.20 Å². The van der Waals surface area contributed by atoms with Gasteiger partial charge in [0.2, 0.25) is 0 Å². The van der Waals surface area contributed by atoms with Crippen LogP contribution in [0.15, 0.2) is 24.4 Å². The van der Waals surface area contributed by atoms with Crippen LogP contribution >= 0.6 is 11.6 Å². The first kappa shape index (κ1) is 18.7. The number of carbonyl (C=O) groups excluding carboxylic acids is 1. The summed E-state index contributed by atoms with van der Waals surface area (Å²) in [5.74, 6) is 0.911. The van der Waals surface area contributed by atoms with Gasteiger partial charge in [0, 0.05) is 25.9 Å². The van der Waals surface area contributed by atoms with E-state index in [1.165, 1.54) is 0 Å². The SMILES string of the molecule is CCO[C@@H]1CN(c2ccccn2)CC[C@@H]1NC(=O)c1nc(Cl)c(CC)[nH]1. The summed E-state index contributed by atoms with van der Waals surface area (Å²) < 4.78 is 5.89. The van der Waals surface area contributed by atoms with Crippen LogP contribution in [0, 0.1) is 0 Å². The fraction of sp³-hybridized carbons (Fsp3) is 0.500. The molecule has 140 valence electrons. The molecule has 26 heavy (non-hydrogen) atoms. The lowest BCUT2D eigenvalue weighted by molar-refractivity contribution is 0.0270. The van der Waals surface area contributed by atoms with Crippen molar-refractivity contribution in [1.82, 2.24) is 20.3 Å². The fourth-order valence-electron chi connectivity index (χ4n) is 3.18. The van der Waals surface area contributed by atoms with Gasteiger partial charge in [0.25, 0.3) is 5.91 Å². The van der Waals surface area contributed by atoms with Crippen LogP contribution in [0.2, 0.25) is 5.15 Å². The molecule has 7 nitrogen and oxygen atoms in total. The zero-order chi connectivity index (χ0) is 18.5. The monoisotopic (exact) mass is 377 g/mol. The van der Waals surface area contributed by atoms with Crippen LogP contribution in [0.3, 0.4) is 0 Å². The van der Waals surface area contributed by atoms with Gasteiger partial charge in [-0.3, -0.25) is 4.79 Å². The lowest BCUT2D eigenvalue weighted by Crippen LogP contribution is -2.55. The number of imidazole rings is 1. The van der Waals surface area contributed by atoms with E-state index in [4.69, 9.17) is 16.3 Å². The van der Waals surface area contributed by atoms with E-state index in [9.17, 15) is 4.79 Å². The maximum absolute atomic E-state index is 12.6. The maximum atomic E-state index is 12.6. The van der Waals surface area contributed by atoms with Gasteiger partial charge in [0.05, 0.1) is 17.8 Å². The molecule has 3 rings (SSSR count). The molecule has 0 saturated carbocycles. The normalized spacial score (nSPS) is 20.2. The minimum absolute atomic E-state index is 0.0867. The van der Waals surface area contributed by atoms with E-state index < -0.39 is 0 Å². The van der Waals surface area contributed by atoms with Crippen molar-refractivity contribution in [3.8, 4) is 0 Å². The molecular weight excluding hydrogens is 354 g/mol. The van der Waals surface area contributed by atoms with Gasteiger partial charge < -0.3 is 19.9 Å². The molecule has 0 aromatic carbocycles. The molecule has 0 spiro atoms. The van der Waals surface area contributed by atoms with E-state index in [0.717, 1.165) is 24.5 Å². The molecule has 0 unspecified atom stereocenters. The molecule has 2 N–H and O–H groups in total. The standard InChI is InChI=1S/C18H24ClN5O2/c1-3-12-16(19)23-17(21-12)18(25)22-13-8-10-24(11-14(13)26-4-2)15-7-5-6-9-20-15/h5-7,9,13-14H,3-4,8,10-11H2,1-2H3,(H,21,23)(H,22,25)/t13-,14+/m0/s1. The van der Waals surface area contributed by atoms with Crippen LogP contribution in [0.25, 0.3) is 0 Å². The number of anilines is 1. The van der Waals surface area contributed by atoms with Crippen LogP contribution in [0.5, 0.6) is 0 Å². The van der Waals surface area contributed by atoms with Crippen molar-refractivity contribution >= 4 is 23.3 Å². The predicted molar refractivity (Wildman–Crippen MR) is 101 cm³/mol. The minimum atomic E-state index is -0.257. The van der Waals surface area contributed by atoms with Crippen LogP contribution in [0.4, 0.5) is 5.82 Å². The van der Waals surface area contributed by atoms with Gasteiger partial charge in [0.15, 0.2) is 11.0 Å². The first-order valence-electron chi connectivity index (χ1n) is 8.95. The van der Waals surface area contributed by atoms with Crippen LogP contribution in [-0.2, 0) is 11.2 Å². The van der Waals surface area contributed by atoms with Crippen molar-refractivity contribution in [2.45, 2.75) is 38.8 Å². The molecule has 2 aromatic rings. The average Bonchev–Trinajstić information content (AvgIpc) is 3.05. The number of aromatic amines is 1. The van der Waals surface area contributed by atoms with Gasteiger partial charge in [-0.1, -0.05) is 24.6 Å². The summed E-state index contributed by atoms with van der Waals surface area (Å²) in [6, 6.07) is 5.77. The third-order valence-electron chi connectivity index (χ3n) is 4.53. The van der Waals surface area contributed by atoms with E-state index in [-0.39, 0.29) is 23.9 Å². The third kappa shape index (κ3) is 4.16. The lowest BCUT2D eigenvalue weighted by Gasteiger charge is -2.39.